The highest BCUT2D eigenvalue weighted by atomic mass is 16.4. The van der Waals surface area contributed by atoms with Crippen molar-refractivity contribution in [2.24, 2.45) is 0 Å². The molecule has 0 bridgehead atoms. The van der Waals surface area contributed by atoms with Crippen LogP contribution < -0.4 is 20.9 Å². The Labute approximate surface area is 167 Å². The van der Waals surface area contributed by atoms with Gasteiger partial charge in [-0.2, -0.15) is 0 Å². The first-order valence-corrected chi connectivity index (χ1v) is 9.57. The summed E-state index contributed by atoms with van der Waals surface area (Å²) in [5.74, 6) is -1.94. The zero-order valence-corrected chi connectivity index (χ0v) is 15.9. The normalized spacial score (nSPS) is 15.7. The van der Waals surface area contributed by atoms with E-state index in [4.69, 9.17) is 11.7 Å². The highest BCUT2D eigenvalue weighted by molar-refractivity contribution is 5.70. The summed E-state index contributed by atoms with van der Waals surface area (Å²) >= 11 is 0. The van der Waals surface area contributed by atoms with Crippen LogP contribution in [0.15, 0.2) is 16.9 Å². The van der Waals surface area contributed by atoms with E-state index in [1.54, 1.807) is 6.08 Å². The first-order valence-electron chi connectivity index (χ1n) is 9.57. The minimum atomic E-state index is -1.28. The third kappa shape index (κ3) is 3.17. The molecule has 1 aromatic heterocycles. The highest BCUT2D eigenvalue weighted by Gasteiger charge is 2.24. The number of rotatable bonds is 3. The number of carbonyl (C=O) groups is 1. The summed E-state index contributed by atoms with van der Waals surface area (Å²) in [6.45, 7) is 12.5. The number of pyridine rings is 1. The molecule has 29 heavy (non-hydrogen) atoms. The van der Waals surface area contributed by atoms with Crippen LogP contribution in [0, 0.1) is 6.57 Å². The first-order chi connectivity index (χ1) is 13.9. The Hall–Kier alpha value is -3.53. The molecule has 2 aliphatic rings. The molecule has 0 atom stereocenters. The number of hydrogen-bond donors (Lipinski definition) is 2. The summed E-state index contributed by atoms with van der Waals surface area (Å²) in [6.07, 6.45) is 5.78. The van der Waals surface area contributed by atoms with Crippen molar-refractivity contribution in [2.75, 3.05) is 18.0 Å². The van der Waals surface area contributed by atoms with Crippen LogP contribution in [0.3, 0.4) is 0 Å². The van der Waals surface area contributed by atoms with E-state index in [2.05, 4.69) is 28.5 Å². The van der Waals surface area contributed by atoms with Gasteiger partial charge in [0.2, 0.25) is 0 Å². The third-order valence-electron chi connectivity index (χ3n) is 5.62. The Morgan fingerprint density at radius 3 is 2.41 bits per heavy atom. The van der Waals surface area contributed by atoms with Gasteiger partial charge in [0.25, 0.3) is 11.2 Å². The Morgan fingerprint density at radius 2 is 1.86 bits per heavy atom. The minimum Gasteiger partial charge on any atom is -0.503 e. The van der Waals surface area contributed by atoms with E-state index in [1.807, 2.05) is 0 Å². The standard InChI is InChI=1S/C22H21N3O4/c1-13-17(21(28)25(12-18(26)27)22(29)19(13)23-2)11-14-9-15-5-3-7-24-8-4-6-16(10-14)20(15)24/h9-11,29H,1,3-8,12H2,(H,26,27). The summed E-state index contributed by atoms with van der Waals surface area (Å²) in [4.78, 5) is 29.7. The molecule has 0 saturated carbocycles. The number of aromatic hydroxyl groups is 1. The molecule has 148 valence electrons. The fourth-order valence-corrected chi connectivity index (χ4v) is 4.39. The second kappa shape index (κ2) is 7.13. The van der Waals surface area contributed by atoms with Crippen LogP contribution in [-0.4, -0.2) is 33.8 Å². The lowest BCUT2D eigenvalue weighted by Crippen LogP contribution is -2.45. The second-order valence-corrected chi connectivity index (χ2v) is 7.49. The number of aryl methyl sites for hydroxylation is 2. The predicted molar refractivity (Wildman–Crippen MR) is 110 cm³/mol. The molecule has 0 amide bonds. The number of hydrogen-bond acceptors (Lipinski definition) is 4. The van der Waals surface area contributed by atoms with Gasteiger partial charge in [-0.1, -0.05) is 0 Å². The number of aromatic nitrogens is 1. The number of carboxylic acids is 1. The van der Waals surface area contributed by atoms with Crippen molar-refractivity contribution in [3.63, 3.8) is 0 Å². The number of benzene rings is 1. The van der Waals surface area contributed by atoms with Crippen LogP contribution in [0.1, 0.15) is 29.5 Å². The molecule has 4 rings (SSSR count). The maximum atomic E-state index is 12.9. The fraction of sp³-hybridized carbons (Fsp3) is 0.318. The summed E-state index contributed by atoms with van der Waals surface area (Å²) in [5, 5.41) is 19.5. The summed E-state index contributed by atoms with van der Waals surface area (Å²) in [6, 6.07) is 4.11. The van der Waals surface area contributed by atoms with Crippen LogP contribution in [-0.2, 0) is 24.2 Å². The largest absolute Gasteiger partial charge is 0.503 e. The summed E-state index contributed by atoms with van der Waals surface area (Å²) in [7, 11) is 0. The zero-order valence-electron chi connectivity index (χ0n) is 15.9. The molecule has 1 aromatic carbocycles. The lowest BCUT2D eigenvalue weighted by atomic mass is 9.90. The van der Waals surface area contributed by atoms with Crippen LogP contribution in [0.25, 0.3) is 17.5 Å². The van der Waals surface area contributed by atoms with Crippen molar-refractivity contribution in [3.05, 3.63) is 61.0 Å². The van der Waals surface area contributed by atoms with E-state index < -0.39 is 24.0 Å². The van der Waals surface area contributed by atoms with Crippen molar-refractivity contribution >= 4 is 30.0 Å². The van der Waals surface area contributed by atoms with Gasteiger partial charge in [-0.15, -0.1) is 6.58 Å². The average molecular weight is 391 g/mol. The molecule has 2 N–H and O–H groups in total. The summed E-state index contributed by atoms with van der Waals surface area (Å²) < 4.78 is 0.709. The molecule has 0 aliphatic carbocycles. The van der Waals surface area contributed by atoms with Gasteiger partial charge in [-0.25, -0.2) is 4.85 Å². The van der Waals surface area contributed by atoms with E-state index in [-0.39, 0.29) is 16.1 Å². The van der Waals surface area contributed by atoms with Gasteiger partial charge in [0.1, 0.15) is 6.54 Å². The van der Waals surface area contributed by atoms with Crippen molar-refractivity contribution < 1.29 is 15.0 Å². The molecule has 0 saturated heterocycles. The van der Waals surface area contributed by atoms with Gasteiger partial charge in [0.05, 0.1) is 6.57 Å². The Bertz CT molecular complexity index is 1210. The highest BCUT2D eigenvalue weighted by Crippen LogP contribution is 2.36. The maximum absolute atomic E-state index is 12.9. The number of anilines is 1. The molecule has 3 heterocycles. The van der Waals surface area contributed by atoms with Gasteiger partial charge in [-0.05, 0) is 65.8 Å². The van der Waals surface area contributed by atoms with E-state index in [0.29, 0.717) is 4.57 Å². The van der Waals surface area contributed by atoms with Crippen molar-refractivity contribution in [1.82, 2.24) is 4.57 Å². The maximum Gasteiger partial charge on any atom is 0.323 e. The number of nitrogens with zero attached hydrogens (tertiary/aromatic N) is 3. The Morgan fingerprint density at radius 1 is 1.24 bits per heavy atom. The first kappa shape index (κ1) is 18.8. The molecule has 7 nitrogen and oxygen atoms in total. The zero-order chi connectivity index (χ0) is 20.7. The molecule has 7 heteroatoms. The summed E-state index contributed by atoms with van der Waals surface area (Å²) in [5.41, 5.74) is 3.76. The average Bonchev–Trinajstić information content (AvgIpc) is 2.69. The van der Waals surface area contributed by atoms with Gasteiger partial charge in [0, 0.05) is 24.0 Å². The SMILES string of the molecule is [C-]#[N+]c1c(O)n(CC(=O)O)c(=O)c(=Cc2cc3c4c(c2)CCCN4CCC3)c1=C. The minimum absolute atomic E-state index is 0.108. The molecule has 2 aromatic rings. The van der Waals surface area contributed by atoms with Crippen molar-refractivity contribution in [1.29, 1.82) is 0 Å². The smallest absolute Gasteiger partial charge is 0.323 e. The van der Waals surface area contributed by atoms with E-state index in [0.717, 1.165) is 44.3 Å². The quantitative estimate of drug-likeness (QED) is 0.766. The monoisotopic (exact) mass is 391 g/mol. The van der Waals surface area contributed by atoms with E-state index >= 15 is 0 Å². The lowest BCUT2D eigenvalue weighted by Gasteiger charge is -2.37. The van der Waals surface area contributed by atoms with Crippen LogP contribution in [0.2, 0.25) is 0 Å². The lowest BCUT2D eigenvalue weighted by molar-refractivity contribution is -0.137. The topological polar surface area (TPSA) is 87.1 Å². The molecule has 0 unspecified atom stereocenters. The molecular weight excluding hydrogens is 370 g/mol. The fourth-order valence-electron chi connectivity index (χ4n) is 4.39. The molecule has 0 radical (unpaired) electrons. The van der Waals surface area contributed by atoms with Gasteiger partial charge in [-0.3, -0.25) is 14.2 Å². The Balaban J connectivity index is 1.96. The van der Waals surface area contributed by atoms with Crippen LogP contribution in [0.5, 0.6) is 5.88 Å². The molecule has 0 fully saturated rings. The van der Waals surface area contributed by atoms with E-state index in [1.165, 1.54) is 16.8 Å². The van der Waals surface area contributed by atoms with Gasteiger partial charge >= 0.3 is 5.97 Å². The number of aliphatic carboxylic acids is 1. The van der Waals surface area contributed by atoms with Gasteiger partial charge < -0.3 is 15.1 Å². The van der Waals surface area contributed by atoms with Crippen LogP contribution >= 0.6 is 0 Å². The molecule has 0 spiro atoms. The number of carboxylic acid groups (broad SMARTS) is 1. The van der Waals surface area contributed by atoms with E-state index in [9.17, 15) is 14.7 Å². The Kier molecular flexibility index (Phi) is 4.63. The molecular formula is C22H21N3O4. The van der Waals surface area contributed by atoms with Crippen LogP contribution in [0.4, 0.5) is 11.4 Å². The second-order valence-electron chi connectivity index (χ2n) is 7.49. The third-order valence-corrected chi connectivity index (χ3v) is 5.62. The molecule has 2 aliphatic heterocycles. The van der Waals surface area contributed by atoms with Crippen molar-refractivity contribution in [3.8, 4) is 5.88 Å². The predicted octanol–water partition coefficient (Wildman–Crippen LogP) is 1.13. The van der Waals surface area contributed by atoms with Crippen molar-refractivity contribution in [2.45, 2.75) is 32.2 Å². The van der Waals surface area contributed by atoms with Gasteiger partial charge in [0.15, 0.2) is 5.88 Å².